The van der Waals surface area contributed by atoms with E-state index in [1.54, 1.807) is 14.1 Å². The van der Waals surface area contributed by atoms with Gasteiger partial charge in [-0.2, -0.15) is 0 Å². The monoisotopic (exact) mass is 439 g/mol. The van der Waals surface area contributed by atoms with Crippen LogP contribution in [0.4, 0.5) is 0 Å². The van der Waals surface area contributed by atoms with E-state index in [9.17, 15) is 9.59 Å². The summed E-state index contributed by atoms with van der Waals surface area (Å²) in [6.45, 7) is 3.26. The Kier molecular flexibility index (Phi) is 11.8. The predicted molar refractivity (Wildman–Crippen MR) is 103 cm³/mol. The summed E-state index contributed by atoms with van der Waals surface area (Å²) in [4.78, 5) is 29.1. The Hall–Kier alpha value is -1.06. The molecule has 0 aliphatic heterocycles. The van der Waals surface area contributed by atoms with Crippen LogP contribution in [0.2, 0.25) is 0 Å². The summed E-state index contributed by atoms with van der Waals surface area (Å²) >= 11 is 0. The van der Waals surface area contributed by atoms with Gasteiger partial charge in [0.1, 0.15) is 6.54 Å². The zero-order valence-corrected chi connectivity index (χ0v) is 16.7. The number of likely N-dealkylation sites (N-methyl/N-ethyl adjacent to an activating group) is 1. The quantitative estimate of drug-likeness (QED) is 0.310. The summed E-state index contributed by atoms with van der Waals surface area (Å²) in [6.07, 6.45) is 5.01. The molecular weight excluding hydrogens is 409 g/mol. The molecule has 134 valence electrons. The van der Waals surface area contributed by atoms with Crippen LogP contribution in [0.15, 0.2) is 4.99 Å². The SMILES string of the molecule is CCNC(=NCC(=O)N(C)C)NCCC(=O)NC1CCCC1.I. The number of hydrogen-bond donors (Lipinski definition) is 3. The Morgan fingerprint density at radius 3 is 2.39 bits per heavy atom. The molecular formula is C15H30IN5O2. The number of carbonyl (C=O) groups excluding carboxylic acids is 2. The highest BCUT2D eigenvalue weighted by Gasteiger charge is 2.16. The molecule has 1 aliphatic carbocycles. The first kappa shape index (κ1) is 21.9. The number of guanidine groups is 1. The molecule has 3 N–H and O–H groups in total. The lowest BCUT2D eigenvalue weighted by atomic mass is 10.2. The van der Waals surface area contributed by atoms with Crippen LogP contribution in [-0.2, 0) is 9.59 Å². The molecule has 0 heterocycles. The highest BCUT2D eigenvalue weighted by atomic mass is 127. The van der Waals surface area contributed by atoms with Crippen molar-refractivity contribution in [2.45, 2.75) is 45.1 Å². The van der Waals surface area contributed by atoms with Gasteiger partial charge in [-0.15, -0.1) is 24.0 Å². The topological polar surface area (TPSA) is 85.8 Å². The number of carbonyl (C=O) groups is 2. The van der Waals surface area contributed by atoms with Crippen LogP contribution < -0.4 is 16.0 Å². The van der Waals surface area contributed by atoms with E-state index < -0.39 is 0 Å². The number of rotatable bonds is 7. The Labute approximate surface area is 156 Å². The molecule has 7 nitrogen and oxygen atoms in total. The molecule has 8 heteroatoms. The minimum atomic E-state index is -0.0591. The van der Waals surface area contributed by atoms with Crippen LogP contribution in [-0.4, -0.2) is 62.4 Å². The highest BCUT2D eigenvalue weighted by molar-refractivity contribution is 14.0. The molecule has 2 amide bonds. The number of nitrogens with zero attached hydrogens (tertiary/aromatic N) is 2. The lowest BCUT2D eigenvalue weighted by Gasteiger charge is -2.14. The maximum atomic E-state index is 11.8. The third kappa shape index (κ3) is 9.62. The summed E-state index contributed by atoms with van der Waals surface area (Å²) < 4.78 is 0. The largest absolute Gasteiger partial charge is 0.357 e. The number of hydrogen-bond acceptors (Lipinski definition) is 3. The third-order valence-corrected chi connectivity index (χ3v) is 3.58. The van der Waals surface area contributed by atoms with Gasteiger partial charge in [-0.05, 0) is 19.8 Å². The zero-order valence-electron chi connectivity index (χ0n) is 14.4. The second-order valence-corrected chi connectivity index (χ2v) is 5.71. The summed E-state index contributed by atoms with van der Waals surface area (Å²) in [7, 11) is 3.40. The van der Waals surface area contributed by atoms with Crippen LogP contribution in [0.1, 0.15) is 39.0 Å². The van der Waals surface area contributed by atoms with E-state index in [2.05, 4.69) is 20.9 Å². The maximum Gasteiger partial charge on any atom is 0.243 e. The number of halogens is 1. The molecule has 0 radical (unpaired) electrons. The van der Waals surface area contributed by atoms with Gasteiger partial charge in [-0.1, -0.05) is 12.8 Å². The zero-order chi connectivity index (χ0) is 16.4. The van der Waals surface area contributed by atoms with Gasteiger partial charge < -0.3 is 20.9 Å². The number of aliphatic imine (C=N–C) groups is 1. The summed E-state index contributed by atoms with van der Waals surface area (Å²) in [5.41, 5.74) is 0. The van der Waals surface area contributed by atoms with E-state index in [0.717, 1.165) is 12.8 Å². The van der Waals surface area contributed by atoms with Crippen LogP contribution >= 0.6 is 24.0 Å². The van der Waals surface area contributed by atoms with Crippen molar-refractivity contribution >= 4 is 41.8 Å². The first-order chi connectivity index (χ1) is 10.5. The Morgan fingerprint density at radius 1 is 1.17 bits per heavy atom. The van der Waals surface area contributed by atoms with Gasteiger partial charge >= 0.3 is 0 Å². The van der Waals surface area contributed by atoms with Crippen molar-refractivity contribution in [3.63, 3.8) is 0 Å². The van der Waals surface area contributed by atoms with Gasteiger partial charge in [0.25, 0.3) is 0 Å². The fraction of sp³-hybridized carbons (Fsp3) is 0.800. The second kappa shape index (κ2) is 12.4. The molecule has 0 aromatic heterocycles. The fourth-order valence-electron chi connectivity index (χ4n) is 2.29. The van der Waals surface area contributed by atoms with Gasteiger partial charge in [-0.3, -0.25) is 9.59 Å². The summed E-state index contributed by atoms with van der Waals surface area (Å²) in [5.74, 6) is 0.571. The van der Waals surface area contributed by atoms with Crippen LogP contribution in [0.3, 0.4) is 0 Å². The van der Waals surface area contributed by atoms with Crippen molar-refractivity contribution < 1.29 is 9.59 Å². The average Bonchev–Trinajstić information content (AvgIpc) is 2.97. The normalized spacial score (nSPS) is 14.8. The molecule has 0 aromatic carbocycles. The number of nitrogens with one attached hydrogen (secondary N) is 3. The minimum absolute atomic E-state index is 0. The first-order valence-electron chi connectivity index (χ1n) is 8.04. The Balaban J connectivity index is 0.00000484. The molecule has 0 bridgehead atoms. The van der Waals surface area contributed by atoms with Gasteiger partial charge in [0.05, 0.1) is 0 Å². The van der Waals surface area contributed by atoms with E-state index in [0.29, 0.717) is 31.5 Å². The lowest BCUT2D eigenvalue weighted by Crippen LogP contribution is -2.41. The van der Waals surface area contributed by atoms with Crippen molar-refractivity contribution in [2.24, 2.45) is 4.99 Å². The minimum Gasteiger partial charge on any atom is -0.357 e. The van der Waals surface area contributed by atoms with Gasteiger partial charge in [-0.25, -0.2) is 4.99 Å². The molecule has 0 spiro atoms. The van der Waals surface area contributed by atoms with Crippen molar-refractivity contribution in [3.05, 3.63) is 0 Å². The lowest BCUT2D eigenvalue weighted by molar-refractivity contribution is -0.127. The smallest absolute Gasteiger partial charge is 0.243 e. The van der Waals surface area contributed by atoms with Gasteiger partial charge in [0, 0.05) is 39.6 Å². The van der Waals surface area contributed by atoms with E-state index in [4.69, 9.17) is 0 Å². The van der Waals surface area contributed by atoms with E-state index >= 15 is 0 Å². The van der Waals surface area contributed by atoms with Crippen LogP contribution in [0.25, 0.3) is 0 Å². The number of amides is 2. The van der Waals surface area contributed by atoms with Crippen molar-refractivity contribution in [1.82, 2.24) is 20.9 Å². The van der Waals surface area contributed by atoms with Gasteiger partial charge in [0.15, 0.2) is 5.96 Å². The van der Waals surface area contributed by atoms with Crippen LogP contribution in [0, 0.1) is 0 Å². The van der Waals surface area contributed by atoms with Crippen molar-refractivity contribution in [3.8, 4) is 0 Å². The third-order valence-electron chi connectivity index (χ3n) is 3.58. The Morgan fingerprint density at radius 2 is 1.83 bits per heavy atom. The van der Waals surface area contributed by atoms with Gasteiger partial charge in [0.2, 0.25) is 11.8 Å². The summed E-state index contributed by atoms with van der Waals surface area (Å²) in [6, 6.07) is 0.354. The molecule has 0 aromatic rings. The maximum absolute atomic E-state index is 11.8. The molecule has 0 unspecified atom stereocenters. The molecule has 1 aliphatic rings. The molecule has 23 heavy (non-hydrogen) atoms. The molecule has 0 saturated heterocycles. The van der Waals surface area contributed by atoms with Crippen molar-refractivity contribution in [2.75, 3.05) is 33.7 Å². The van der Waals surface area contributed by atoms with E-state index in [-0.39, 0.29) is 42.3 Å². The molecule has 0 atom stereocenters. The first-order valence-corrected chi connectivity index (χ1v) is 8.04. The fourth-order valence-corrected chi connectivity index (χ4v) is 2.29. The molecule has 1 fully saturated rings. The predicted octanol–water partition coefficient (Wildman–Crippen LogP) is 0.697. The van der Waals surface area contributed by atoms with E-state index in [1.165, 1.54) is 17.7 Å². The van der Waals surface area contributed by atoms with Crippen LogP contribution in [0.5, 0.6) is 0 Å². The van der Waals surface area contributed by atoms with Crippen molar-refractivity contribution in [1.29, 1.82) is 0 Å². The second-order valence-electron chi connectivity index (χ2n) is 5.71. The van der Waals surface area contributed by atoms with E-state index in [1.807, 2.05) is 6.92 Å². The summed E-state index contributed by atoms with van der Waals surface area (Å²) in [5, 5.41) is 9.19. The molecule has 1 saturated carbocycles. The Bertz CT molecular complexity index is 395. The molecule has 1 rings (SSSR count). The average molecular weight is 439 g/mol. The highest BCUT2D eigenvalue weighted by Crippen LogP contribution is 2.17. The standard InChI is InChI=1S/C15H29N5O2.HI/c1-4-16-15(18-11-14(22)20(2)3)17-10-9-13(21)19-12-7-5-6-8-12;/h12H,4-11H2,1-3H3,(H,19,21)(H2,16,17,18);1H.